The molecule has 37 heavy (non-hydrogen) atoms. The normalized spacial score (nSPS) is 12.2. The monoisotopic (exact) mass is 504 g/mol. The summed E-state index contributed by atoms with van der Waals surface area (Å²) in [6, 6.07) is 23.8. The maximum atomic E-state index is 13.7. The molecular weight excluding hydrogens is 468 g/mol. The van der Waals surface area contributed by atoms with Gasteiger partial charge in [-0.15, -0.1) is 0 Å². The summed E-state index contributed by atoms with van der Waals surface area (Å²) in [5.41, 5.74) is 1.89. The number of amides is 2. The molecule has 3 rings (SSSR count). The van der Waals surface area contributed by atoms with Crippen LogP contribution in [0.25, 0.3) is 0 Å². The van der Waals surface area contributed by atoms with Crippen molar-refractivity contribution < 1.29 is 23.8 Å². The van der Waals surface area contributed by atoms with Crippen LogP contribution < -0.4 is 19.5 Å². The highest BCUT2D eigenvalue weighted by Gasteiger charge is 2.31. The van der Waals surface area contributed by atoms with Crippen LogP contribution in [0.15, 0.2) is 78.9 Å². The number of methoxy groups -OCH3 is 2. The lowest BCUT2D eigenvalue weighted by Crippen LogP contribution is -2.53. The number of hydrogen-bond donors (Lipinski definition) is 1. The molecule has 0 heterocycles. The van der Waals surface area contributed by atoms with E-state index in [9.17, 15) is 9.59 Å². The zero-order valence-corrected chi connectivity index (χ0v) is 22.0. The van der Waals surface area contributed by atoms with Gasteiger partial charge in [0.05, 0.1) is 14.2 Å². The van der Waals surface area contributed by atoms with Crippen molar-refractivity contribution in [2.24, 2.45) is 0 Å². The van der Waals surface area contributed by atoms with Crippen LogP contribution in [-0.4, -0.2) is 49.6 Å². The molecule has 2 amide bonds. The Morgan fingerprint density at radius 2 is 1.38 bits per heavy atom. The second-order valence-corrected chi connectivity index (χ2v) is 8.87. The molecule has 0 saturated carbocycles. The Bertz CT molecular complexity index is 1110. The van der Waals surface area contributed by atoms with Crippen LogP contribution >= 0.6 is 0 Å². The Labute approximate surface area is 219 Å². The molecule has 0 aliphatic carbocycles. The third kappa shape index (κ3) is 8.27. The number of nitrogens with one attached hydrogen (secondary N) is 1. The minimum Gasteiger partial charge on any atom is -0.496 e. The Morgan fingerprint density at radius 1 is 0.838 bits per heavy atom. The summed E-state index contributed by atoms with van der Waals surface area (Å²) in [4.78, 5) is 28.8. The van der Waals surface area contributed by atoms with Crippen molar-refractivity contribution in [3.05, 3.63) is 90.0 Å². The maximum absolute atomic E-state index is 13.7. The number of rotatable bonds is 13. The van der Waals surface area contributed by atoms with Crippen LogP contribution in [0.2, 0.25) is 0 Å². The predicted octanol–water partition coefficient (Wildman–Crippen LogP) is 4.64. The zero-order valence-electron chi connectivity index (χ0n) is 22.0. The number of carbonyl (C=O) groups excluding carboxylic acids is 2. The summed E-state index contributed by atoms with van der Waals surface area (Å²) in [7, 11) is 3.10. The van der Waals surface area contributed by atoms with Crippen LogP contribution in [0.4, 0.5) is 0 Å². The van der Waals surface area contributed by atoms with E-state index in [0.29, 0.717) is 23.7 Å². The third-order valence-corrected chi connectivity index (χ3v) is 6.16. The lowest BCUT2D eigenvalue weighted by Gasteiger charge is -2.32. The second-order valence-electron chi connectivity index (χ2n) is 8.87. The molecule has 0 fully saturated rings. The molecule has 0 aliphatic rings. The fourth-order valence-corrected chi connectivity index (χ4v) is 3.87. The van der Waals surface area contributed by atoms with Gasteiger partial charge in [-0.05, 0) is 24.5 Å². The lowest BCUT2D eigenvalue weighted by atomic mass is 10.0. The molecular formula is C30H36N2O5. The van der Waals surface area contributed by atoms with E-state index < -0.39 is 6.04 Å². The van der Waals surface area contributed by atoms with Gasteiger partial charge in [-0.25, -0.2) is 0 Å². The van der Waals surface area contributed by atoms with Gasteiger partial charge in [-0.2, -0.15) is 0 Å². The Morgan fingerprint density at radius 3 is 1.92 bits per heavy atom. The molecule has 0 radical (unpaired) electrons. The van der Waals surface area contributed by atoms with Crippen LogP contribution in [0.3, 0.4) is 0 Å². The van der Waals surface area contributed by atoms with Crippen molar-refractivity contribution in [2.75, 3.05) is 20.8 Å². The van der Waals surface area contributed by atoms with E-state index in [-0.39, 0.29) is 31.0 Å². The van der Waals surface area contributed by atoms with Crippen LogP contribution in [-0.2, 0) is 22.6 Å². The summed E-state index contributed by atoms with van der Waals surface area (Å²) < 4.78 is 16.5. The van der Waals surface area contributed by atoms with Crippen LogP contribution in [0.1, 0.15) is 31.4 Å². The molecule has 196 valence electrons. The van der Waals surface area contributed by atoms with E-state index in [1.54, 1.807) is 37.3 Å². The van der Waals surface area contributed by atoms with Crippen LogP contribution in [0, 0.1) is 0 Å². The maximum Gasteiger partial charge on any atom is 0.261 e. The van der Waals surface area contributed by atoms with E-state index in [0.717, 1.165) is 17.5 Å². The van der Waals surface area contributed by atoms with Gasteiger partial charge in [0.2, 0.25) is 5.91 Å². The summed E-state index contributed by atoms with van der Waals surface area (Å²) in [6.45, 7) is 4.00. The highest BCUT2D eigenvalue weighted by Crippen LogP contribution is 2.27. The first-order valence-electron chi connectivity index (χ1n) is 12.5. The lowest BCUT2D eigenvalue weighted by molar-refractivity contribution is -0.143. The third-order valence-electron chi connectivity index (χ3n) is 6.16. The smallest absolute Gasteiger partial charge is 0.261 e. The quantitative estimate of drug-likeness (QED) is 0.367. The summed E-state index contributed by atoms with van der Waals surface area (Å²) in [6.07, 6.45) is 1.17. The SMILES string of the molecule is CC[C@H](C)NC(=O)[C@H](Cc1ccccc1)N(Cc1ccccc1)C(=O)COc1cc(OC)cc(OC)c1. The number of nitrogens with zero attached hydrogens (tertiary/aromatic N) is 1. The van der Waals surface area contributed by atoms with Crippen LogP contribution in [0.5, 0.6) is 17.2 Å². The average molecular weight is 505 g/mol. The van der Waals surface area contributed by atoms with Crippen molar-refractivity contribution in [3.63, 3.8) is 0 Å². The van der Waals surface area contributed by atoms with Gasteiger partial charge >= 0.3 is 0 Å². The first kappa shape index (κ1) is 27.6. The number of benzene rings is 3. The molecule has 3 aromatic rings. The predicted molar refractivity (Wildman–Crippen MR) is 144 cm³/mol. The first-order valence-corrected chi connectivity index (χ1v) is 12.5. The highest BCUT2D eigenvalue weighted by molar-refractivity contribution is 5.88. The summed E-state index contributed by atoms with van der Waals surface area (Å²) in [5.74, 6) is 1.06. The Balaban J connectivity index is 1.90. The number of hydrogen-bond acceptors (Lipinski definition) is 5. The molecule has 0 unspecified atom stereocenters. The number of carbonyl (C=O) groups is 2. The average Bonchev–Trinajstić information content (AvgIpc) is 2.94. The second kappa shape index (κ2) is 13.9. The molecule has 3 aromatic carbocycles. The number of ether oxygens (including phenoxy) is 3. The summed E-state index contributed by atoms with van der Waals surface area (Å²) in [5, 5.41) is 3.07. The Kier molecular flexibility index (Phi) is 10.4. The fraction of sp³-hybridized carbons (Fsp3) is 0.333. The van der Waals surface area contributed by atoms with Gasteiger partial charge < -0.3 is 24.4 Å². The van der Waals surface area contributed by atoms with Crippen molar-refractivity contribution in [1.29, 1.82) is 0 Å². The summed E-state index contributed by atoms with van der Waals surface area (Å²) >= 11 is 0. The van der Waals surface area contributed by atoms with Gasteiger partial charge in [0, 0.05) is 37.2 Å². The molecule has 7 nitrogen and oxygen atoms in total. The topological polar surface area (TPSA) is 77.1 Å². The molecule has 0 bridgehead atoms. The molecule has 7 heteroatoms. The fourth-order valence-electron chi connectivity index (χ4n) is 3.87. The van der Waals surface area contributed by atoms with E-state index in [1.165, 1.54) is 0 Å². The minimum atomic E-state index is -0.715. The van der Waals surface area contributed by atoms with E-state index in [4.69, 9.17) is 14.2 Å². The van der Waals surface area contributed by atoms with Crippen molar-refractivity contribution in [1.82, 2.24) is 10.2 Å². The van der Waals surface area contributed by atoms with Crippen molar-refractivity contribution in [2.45, 2.75) is 45.3 Å². The van der Waals surface area contributed by atoms with E-state index >= 15 is 0 Å². The zero-order chi connectivity index (χ0) is 26.6. The van der Waals surface area contributed by atoms with Gasteiger partial charge in [0.25, 0.3) is 5.91 Å². The van der Waals surface area contributed by atoms with E-state index in [1.807, 2.05) is 74.5 Å². The van der Waals surface area contributed by atoms with Crippen molar-refractivity contribution >= 4 is 11.8 Å². The van der Waals surface area contributed by atoms with Gasteiger partial charge in [0.1, 0.15) is 23.3 Å². The molecule has 0 saturated heterocycles. The minimum absolute atomic E-state index is 0.0139. The van der Waals surface area contributed by atoms with Crippen molar-refractivity contribution in [3.8, 4) is 17.2 Å². The molecule has 0 spiro atoms. The largest absolute Gasteiger partial charge is 0.496 e. The molecule has 2 atom stereocenters. The molecule has 0 aromatic heterocycles. The van der Waals surface area contributed by atoms with Gasteiger partial charge in [-0.1, -0.05) is 67.6 Å². The van der Waals surface area contributed by atoms with Gasteiger partial charge in [-0.3, -0.25) is 9.59 Å². The Hall–Kier alpha value is -4.00. The standard InChI is InChI=1S/C30H36N2O5/c1-5-22(2)31-30(34)28(16-23-12-8-6-9-13-23)32(20-24-14-10-7-11-15-24)29(33)21-37-27-18-25(35-3)17-26(19-27)36-4/h6-15,17-19,22,28H,5,16,20-21H2,1-4H3,(H,31,34)/t22-,28-/m0/s1. The molecule has 1 N–H and O–H groups in total. The highest BCUT2D eigenvalue weighted by atomic mass is 16.5. The van der Waals surface area contributed by atoms with Gasteiger partial charge in [0.15, 0.2) is 6.61 Å². The van der Waals surface area contributed by atoms with E-state index in [2.05, 4.69) is 5.32 Å². The first-order chi connectivity index (χ1) is 17.9. The molecule has 0 aliphatic heterocycles.